The zero-order valence-electron chi connectivity index (χ0n) is 15.2. The Kier molecular flexibility index (Phi) is 5.21. The van der Waals surface area contributed by atoms with Gasteiger partial charge in [-0.3, -0.25) is 9.58 Å². The highest BCUT2D eigenvalue weighted by Crippen LogP contribution is 2.25. The SMILES string of the molecule is Cc1ncsc1CN1Cc2ccnn2C(CCNC(=O)N2CCCC2)C1. The van der Waals surface area contributed by atoms with Gasteiger partial charge in [0, 0.05) is 50.3 Å². The Hall–Kier alpha value is -1.93. The van der Waals surface area contributed by atoms with E-state index < -0.39 is 0 Å². The number of likely N-dealkylation sites (tertiary alicyclic amines) is 1. The Bertz CT molecular complexity index is 750. The third kappa shape index (κ3) is 3.76. The summed E-state index contributed by atoms with van der Waals surface area (Å²) in [5.41, 5.74) is 4.29. The fraction of sp³-hybridized carbons (Fsp3) is 0.611. The molecule has 1 N–H and O–H groups in total. The van der Waals surface area contributed by atoms with Gasteiger partial charge in [-0.25, -0.2) is 9.78 Å². The first kappa shape index (κ1) is 17.5. The highest BCUT2D eigenvalue weighted by Gasteiger charge is 2.26. The van der Waals surface area contributed by atoms with Gasteiger partial charge in [0.25, 0.3) is 0 Å². The second-order valence-corrected chi connectivity index (χ2v) is 8.11. The Labute approximate surface area is 158 Å². The second kappa shape index (κ2) is 7.75. The van der Waals surface area contributed by atoms with E-state index in [1.807, 2.05) is 16.6 Å². The highest BCUT2D eigenvalue weighted by atomic mass is 32.1. The predicted molar refractivity (Wildman–Crippen MR) is 101 cm³/mol. The number of hydrogen-bond donors (Lipinski definition) is 1. The van der Waals surface area contributed by atoms with Crippen LogP contribution < -0.4 is 5.32 Å². The van der Waals surface area contributed by atoms with Crippen LogP contribution in [0.4, 0.5) is 4.79 Å². The van der Waals surface area contributed by atoms with Crippen LogP contribution in [-0.4, -0.2) is 56.8 Å². The molecule has 2 aromatic rings. The Morgan fingerprint density at radius 1 is 1.38 bits per heavy atom. The van der Waals surface area contributed by atoms with Crippen LogP contribution in [-0.2, 0) is 13.1 Å². The van der Waals surface area contributed by atoms with Crippen LogP contribution in [0.15, 0.2) is 17.8 Å². The van der Waals surface area contributed by atoms with Crippen LogP contribution >= 0.6 is 11.3 Å². The zero-order chi connectivity index (χ0) is 17.9. The third-order valence-electron chi connectivity index (χ3n) is 5.31. The molecule has 0 spiro atoms. The smallest absolute Gasteiger partial charge is 0.317 e. The number of aromatic nitrogens is 3. The van der Waals surface area contributed by atoms with Crippen molar-refractivity contribution in [2.24, 2.45) is 0 Å². The molecule has 2 aliphatic heterocycles. The van der Waals surface area contributed by atoms with E-state index in [0.29, 0.717) is 12.6 Å². The first-order valence-electron chi connectivity index (χ1n) is 9.37. The van der Waals surface area contributed by atoms with E-state index in [1.165, 1.54) is 10.6 Å². The van der Waals surface area contributed by atoms with Gasteiger partial charge in [0.15, 0.2) is 0 Å². The molecular weight excluding hydrogens is 348 g/mol. The van der Waals surface area contributed by atoms with Crippen molar-refractivity contribution in [2.45, 2.75) is 45.3 Å². The number of hydrogen-bond acceptors (Lipinski definition) is 5. The number of carbonyl (C=O) groups excluding carboxylic acids is 1. The molecule has 26 heavy (non-hydrogen) atoms. The molecule has 4 rings (SSSR count). The topological polar surface area (TPSA) is 66.3 Å². The van der Waals surface area contributed by atoms with Crippen LogP contribution in [0.1, 0.15) is 41.6 Å². The summed E-state index contributed by atoms with van der Waals surface area (Å²) in [5.74, 6) is 0. The highest BCUT2D eigenvalue weighted by molar-refractivity contribution is 7.09. The minimum Gasteiger partial charge on any atom is -0.338 e. The summed E-state index contributed by atoms with van der Waals surface area (Å²) >= 11 is 1.73. The summed E-state index contributed by atoms with van der Waals surface area (Å²) in [5, 5.41) is 7.60. The van der Waals surface area contributed by atoms with Gasteiger partial charge >= 0.3 is 6.03 Å². The van der Waals surface area contributed by atoms with Crippen LogP contribution in [0, 0.1) is 6.92 Å². The van der Waals surface area contributed by atoms with Gasteiger partial charge in [-0.15, -0.1) is 11.3 Å². The van der Waals surface area contributed by atoms with Crippen LogP contribution in [0.3, 0.4) is 0 Å². The number of nitrogens with zero attached hydrogens (tertiary/aromatic N) is 5. The number of amides is 2. The molecule has 2 aliphatic rings. The Morgan fingerprint density at radius 2 is 2.23 bits per heavy atom. The Balaban J connectivity index is 1.35. The largest absolute Gasteiger partial charge is 0.338 e. The molecular formula is C18H26N6OS. The minimum atomic E-state index is 0.0798. The van der Waals surface area contributed by atoms with E-state index in [-0.39, 0.29) is 6.03 Å². The van der Waals surface area contributed by atoms with E-state index in [0.717, 1.165) is 57.7 Å². The molecule has 140 valence electrons. The standard InChI is InChI=1S/C18H26N6OS/c1-14-17(26-13-20-14)12-22-10-15(24-16(11-22)5-7-21-24)4-6-19-18(25)23-8-2-3-9-23/h5,7,13,15H,2-4,6,8-12H2,1H3,(H,19,25). The van der Waals surface area contributed by atoms with Crippen LogP contribution in [0.5, 0.6) is 0 Å². The molecule has 0 bridgehead atoms. The normalized spacial score (nSPS) is 20.3. The number of rotatable bonds is 5. The molecule has 1 atom stereocenters. The molecule has 1 unspecified atom stereocenters. The monoisotopic (exact) mass is 374 g/mol. The lowest BCUT2D eigenvalue weighted by Crippen LogP contribution is -2.41. The van der Waals surface area contributed by atoms with Crippen molar-refractivity contribution >= 4 is 17.4 Å². The molecule has 2 aromatic heterocycles. The van der Waals surface area contributed by atoms with Crippen molar-refractivity contribution in [3.63, 3.8) is 0 Å². The van der Waals surface area contributed by atoms with Gasteiger partial charge in [-0.2, -0.15) is 5.10 Å². The third-order valence-corrected chi connectivity index (χ3v) is 6.23. The molecule has 7 nitrogen and oxygen atoms in total. The quantitative estimate of drug-likeness (QED) is 0.873. The Morgan fingerprint density at radius 3 is 3.00 bits per heavy atom. The molecule has 2 amide bonds. The fourth-order valence-electron chi connectivity index (χ4n) is 3.86. The van der Waals surface area contributed by atoms with Crippen molar-refractivity contribution < 1.29 is 4.79 Å². The number of urea groups is 1. The average molecular weight is 375 g/mol. The van der Waals surface area contributed by atoms with E-state index in [2.05, 4.69) is 38.0 Å². The average Bonchev–Trinajstić information content (AvgIpc) is 3.37. The molecule has 0 radical (unpaired) electrons. The number of carbonyl (C=O) groups is 1. The van der Waals surface area contributed by atoms with Crippen molar-refractivity contribution in [1.29, 1.82) is 0 Å². The number of thiazole rings is 1. The van der Waals surface area contributed by atoms with Gasteiger partial charge in [-0.05, 0) is 32.3 Å². The summed E-state index contributed by atoms with van der Waals surface area (Å²) in [6.07, 6.45) is 5.02. The van der Waals surface area contributed by atoms with Gasteiger partial charge in [0.2, 0.25) is 0 Å². The molecule has 4 heterocycles. The van der Waals surface area contributed by atoms with E-state index >= 15 is 0 Å². The lowest BCUT2D eigenvalue weighted by atomic mass is 10.1. The van der Waals surface area contributed by atoms with Gasteiger partial charge in [-0.1, -0.05) is 0 Å². The molecule has 0 saturated carbocycles. The first-order chi connectivity index (χ1) is 12.7. The number of nitrogens with one attached hydrogen (secondary N) is 1. The summed E-state index contributed by atoms with van der Waals surface area (Å²) in [4.78, 5) is 22.2. The van der Waals surface area contributed by atoms with Crippen molar-refractivity contribution in [3.8, 4) is 0 Å². The maximum absolute atomic E-state index is 12.2. The maximum atomic E-state index is 12.2. The van der Waals surface area contributed by atoms with Crippen molar-refractivity contribution in [2.75, 3.05) is 26.2 Å². The molecule has 0 aromatic carbocycles. The van der Waals surface area contributed by atoms with E-state index in [4.69, 9.17) is 0 Å². The number of aryl methyl sites for hydroxylation is 1. The lowest BCUT2D eigenvalue weighted by molar-refractivity contribution is 0.161. The van der Waals surface area contributed by atoms with Crippen LogP contribution in [0.25, 0.3) is 0 Å². The van der Waals surface area contributed by atoms with Gasteiger partial charge in [0.05, 0.1) is 22.9 Å². The number of fused-ring (bicyclic) bond motifs is 1. The zero-order valence-corrected chi connectivity index (χ0v) is 16.0. The maximum Gasteiger partial charge on any atom is 0.317 e. The summed E-state index contributed by atoms with van der Waals surface area (Å²) < 4.78 is 2.14. The van der Waals surface area contributed by atoms with E-state index in [1.54, 1.807) is 11.3 Å². The predicted octanol–water partition coefficient (Wildman–Crippen LogP) is 2.40. The van der Waals surface area contributed by atoms with Gasteiger partial charge in [0.1, 0.15) is 0 Å². The molecule has 0 aliphatic carbocycles. The molecule has 1 saturated heterocycles. The summed E-state index contributed by atoms with van der Waals surface area (Å²) in [7, 11) is 0. The second-order valence-electron chi connectivity index (χ2n) is 7.17. The van der Waals surface area contributed by atoms with Gasteiger partial charge < -0.3 is 10.2 Å². The fourth-order valence-corrected chi connectivity index (χ4v) is 4.68. The van der Waals surface area contributed by atoms with Crippen LogP contribution in [0.2, 0.25) is 0 Å². The first-order valence-corrected chi connectivity index (χ1v) is 10.2. The van der Waals surface area contributed by atoms with E-state index in [9.17, 15) is 4.79 Å². The summed E-state index contributed by atoms with van der Waals surface area (Å²) in [6.45, 7) is 7.33. The van der Waals surface area contributed by atoms with Crippen molar-refractivity contribution in [3.05, 3.63) is 34.0 Å². The lowest BCUT2D eigenvalue weighted by Gasteiger charge is -2.34. The minimum absolute atomic E-state index is 0.0798. The van der Waals surface area contributed by atoms with Crippen molar-refractivity contribution in [1.82, 2.24) is 29.9 Å². The molecule has 1 fully saturated rings. The molecule has 8 heteroatoms. The summed E-state index contributed by atoms with van der Waals surface area (Å²) in [6, 6.07) is 2.47.